The van der Waals surface area contributed by atoms with E-state index in [1.807, 2.05) is 0 Å². The number of nitrogens with one attached hydrogen (secondary N) is 1. The van der Waals surface area contributed by atoms with Gasteiger partial charge in [0.1, 0.15) is 5.82 Å². The molecule has 5 rings (SSSR count). The average molecular weight is 375 g/mol. The van der Waals surface area contributed by atoms with Gasteiger partial charge in [-0.15, -0.1) is 0 Å². The fourth-order valence-corrected chi connectivity index (χ4v) is 4.12. The van der Waals surface area contributed by atoms with E-state index >= 15 is 0 Å². The van der Waals surface area contributed by atoms with Crippen molar-refractivity contribution in [1.82, 2.24) is 20.2 Å². The smallest absolute Gasteiger partial charge is 0.377 e. The fourth-order valence-electron chi connectivity index (χ4n) is 4.12. The zero-order valence-electron chi connectivity index (χ0n) is 14.2. The molecule has 27 heavy (non-hydrogen) atoms. The molecule has 5 heterocycles. The van der Waals surface area contributed by atoms with Crippen LogP contribution in [0.1, 0.15) is 18.5 Å². The first-order valence-electron chi connectivity index (χ1n) is 8.75. The quantitative estimate of drug-likeness (QED) is 0.744. The highest BCUT2D eigenvalue weighted by Gasteiger charge is 2.39. The highest BCUT2D eigenvalue weighted by Crippen LogP contribution is 2.40. The van der Waals surface area contributed by atoms with Crippen LogP contribution in [0, 0.1) is 0 Å². The van der Waals surface area contributed by atoms with Gasteiger partial charge in [0.05, 0.1) is 31.5 Å². The molecular weight excluding hydrogens is 359 g/mol. The van der Waals surface area contributed by atoms with Crippen molar-refractivity contribution >= 4 is 16.9 Å². The van der Waals surface area contributed by atoms with Crippen LogP contribution >= 0.6 is 0 Å². The Morgan fingerprint density at radius 1 is 1.15 bits per heavy atom. The maximum Gasteiger partial charge on any atom is 0.433 e. The van der Waals surface area contributed by atoms with Crippen molar-refractivity contribution in [3.8, 4) is 11.1 Å². The Labute approximate surface area is 152 Å². The van der Waals surface area contributed by atoms with Crippen molar-refractivity contribution in [3.63, 3.8) is 0 Å². The van der Waals surface area contributed by atoms with Crippen LogP contribution in [0.25, 0.3) is 22.2 Å². The third-order valence-corrected chi connectivity index (χ3v) is 5.28. The van der Waals surface area contributed by atoms with E-state index in [4.69, 9.17) is 4.74 Å². The minimum absolute atomic E-state index is 0.0284. The van der Waals surface area contributed by atoms with Gasteiger partial charge in [0.2, 0.25) is 0 Å². The Morgan fingerprint density at radius 2 is 1.93 bits per heavy atom. The van der Waals surface area contributed by atoms with Crippen molar-refractivity contribution in [2.75, 3.05) is 18.1 Å². The Bertz CT molecular complexity index is 986. The van der Waals surface area contributed by atoms with Gasteiger partial charge in [-0.25, -0.2) is 4.98 Å². The molecule has 2 unspecified atom stereocenters. The number of ether oxygens (including phenoxy) is 1. The van der Waals surface area contributed by atoms with Gasteiger partial charge in [-0.1, -0.05) is 6.07 Å². The molecule has 6 nitrogen and oxygen atoms in total. The number of rotatable bonds is 2. The van der Waals surface area contributed by atoms with Crippen LogP contribution in [0.5, 0.6) is 0 Å². The van der Waals surface area contributed by atoms with Crippen LogP contribution in [-0.4, -0.2) is 45.5 Å². The summed E-state index contributed by atoms with van der Waals surface area (Å²) in [5.74, 6) is 0.648. The van der Waals surface area contributed by atoms with Crippen molar-refractivity contribution in [2.45, 2.75) is 31.1 Å². The summed E-state index contributed by atoms with van der Waals surface area (Å²) in [7, 11) is 0. The number of morpholine rings is 1. The number of aromatic amines is 1. The molecule has 0 aromatic carbocycles. The number of pyridine rings is 2. The summed E-state index contributed by atoms with van der Waals surface area (Å²) < 4.78 is 46.2. The molecule has 2 fully saturated rings. The second-order valence-electron chi connectivity index (χ2n) is 6.89. The molecule has 2 aliphatic rings. The maximum atomic E-state index is 13.5. The van der Waals surface area contributed by atoms with E-state index in [9.17, 15) is 13.2 Å². The molecule has 0 radical (unpaired) electrons. The predicted octanol–water partition coefficient (Wildman–Crippen LogP) is 3.41. The zero-order valence-corrected chi connectivity index (χ0v) is 14.2. The monoisotopic (exact) mass is 375 g/mol. The van der Waals surface area contributed by atoms with Gasteiger partial charge < -0.3 is 9.64 Å². The van der Waals surface area contributed by atoms with E-state index in [1.54, 1.807) is 6.07 Å². The average Bonchev–Trinajstić information content (AvgIpc) is 3.22. The second kappa shape index (κ2) is 5.91. The first kappa shape index (κ1) is 16.5. The lowest BCUT2D eigenvalue weighted by atomic mass is 10.0. The predicted molar refractivity (Wildman–Crippen MR) is 92.2 cm³/mol. The number of H-pyrrole nitrogens is 1. The largest absolute Gasteiger partial charge is 0.433 e. The molecule has 0 aliphatic carbocycles. The van der Waals surface area contributed by atoms with E-state index in [0.29, 0.717) is 35.6 Å². The van der Waals surface area contributed by atoms with Gasteiger partial charge in [0.15, 0.2) is 11.3 Å². The SMILES string of the molecule is FC(F)(F)c1ncccc1-c1cc(N2C3CCC2COC3)nc2[nH]ncc12. The summed E-state index contributed by atoms with van der Waals surface area (Å²) in [6.07, 6.45) is 0.0898. The molecule has 2 saturated heterocycles. The van der Waals surface area contributed by atoms with Crippen LogP contribution in [0.2, 0.25) is 0 Å². The topological polar surface area (TPSA) is 66.9 Å². The lowest BCUT2D eigenvalue weighted by Crippen LogP contribution is -2.46. The lowest BCUT2D eigenvalue weighted by Gasteiger charge is -2.35. The number of nitrogens with zero attached hydrogens (tertiary/aromatic N) is 4. The van der Waals surface area contributed by atoms with Crippen LogP contribution in [0.15, 0.2) is 30.6 Å². The van der Waals surface area contributed by atoms with Gasteiger partial charge in [-0.05, 0) is 25.0 Å². The van der Waals surface area contributed by atoms with E-state index < -0.39 is 11.9 Å². The highest BCUT2D eigenvalue weighted by atomic mass is 19.4. The standard InChI is InChI=1S/C18H16F3N5O/c19-18(20,21)16-12(2-1-5-22-16)13-6-15(24-17-14(13)7-23-25-17)26-10-3-4-11(26)9-27-8-10/h1-2,5-7,10-11H,3-4,8-9H2,(H,23,24,25). The maximum absolute atomic E-state index is 13.5. The van der Waals surface area contributed by atoms with Gasteiger partial charge in [0, 0.05) is 22.7 Å². The molecule has 0 saturated carbocycles. The van der Waals surface area contributed by atoms with E-state index in [2.05, 4.69) is 25.1 Å². The number of anilines is 1. The molecule has 3 aromatic heterocycles. The fraction of sp³-hybridized carbons (Fsp3) is 0.389. The summed E-state index contributed by atoms with van der Waals surface area (Å²) in [6.45, 7) is 1.21. The molecule has 2 aliphatic heterocycles. The third kappa shape index (κ3) is 2.64. The molecule has 3 aromatic rings. The van der Waals surface area contributed by atoms with Gasteiger partial charge in [-0.3, -0.25) is 10.1 Å². The van der Waals surface area contributed by atoms with Crippen LogP contribution in [0.4, 0.5) is 19.0 Å². The Balaban J connectivity index is 1.71. The molecule has 0 spiro atoms. The van der Waals surface area contributed by atoms with Crippen LogP contribution in [0.3, 0.4) is 0 Å². The zero-order chi connectivity index (χ0) is 18.6. The summed E-state index contributed by atoms with van der Waals surface area (Å²) in [5, 5.41) is 7.32. The number of halogens is 3. The number of alkyl halides is 3. The Kier molecular flexibility index (Phi) is 3.61. The highest BCUT2D eigenvalue weighted by molar-refractivity contribution is 5.94. The van der Waals surface area contributed by atoms with Gasteiger partial charge in [0.25, 0.3) is 0 Å². The minimum atomic E-state index is -4.55. The Hall–Kier alpha value is -2.68. The lowest BCUT2D eigenvalue weighted by molar-refractivity contribution is -0.140. The van der Waals surface area contributed by atoms with Crippen LogP contribution in [-0.2, 0) is 10.9 Å². The summed E-state index contributed by atoms with van der Waals surface area (Å²) in [5.41, 5.74) is 0.00990. The van der Waals surface area contributed by atoms with Crippen molar-refractivity contribution in [1.29, 1.82) is 0 Å². The number of aromatic nitrogens is 4. The molecule has 2 bridgehead atoms. The number of fused-ring (bicyclic) bond motifs is 3. The molecule has 140 valence electrons. The summed E-state index contributed by atoms with van der Waals surface area (Å²) in [4.78, 5) is 10.4. The van der Waals surface area contributed by atoms with Crippen molar-refractivity contribution in [2.24, 2.45) is 0 Å². The van der Waals surface area contributed by atoms with Crippen LogP contribution < -0.4 is 4.90 Å². The van der Waals surface area contributed by atoms with E-state index in [-0.39, 0.29) is 17.6 Å². The molecule has 0 amide bonds. The van der Waals surface area contributed by atoms with Crippen molar-refractivity contribution in [3.05, 3.63) is 36.3 Å². The Morgan fingerprint density at radius 3 is 2.67 bits per heavy atom. The molecule has 1 N–H and O–H groups in total. The molecule has 9 heteroatoms. The number of hydrogen-bond donors (Lipinski definition) is 1. The summed E-state index contributed by atoms with van der Waals surface area (Å²) in [6, 6.07) is 5.06. The molecular formula is C18H16F3N5O. The minimum Gasteiger partial charge on any atom is -0.377 e. The van der Waals surface area contributed by atoms with Crippen molar-refractivity contribution < 1.29 is 17.9 Å². The first-order valence-corrected chi connectivity index (χ1v) is 8.75. The second-order valence-corrected chi connectivity index (χ2v) is 6.89. The van der Waals surface area contributed by atoms with Gasteiger partial charge in [-0.2, -0.15) is 18.3 Å². The third-order valence-electron chi connectivity index (χ3n) is 5.28. The van der Waals surface area contributed by atoms with E-state index in [1.165, 1.54) is 18.3 Å². The first-order chi connectivity index (χ1) is 13.0. The summed E-state index contributed by atoms with van der Waals surface area (Å²) >= 11 is 0. The normalized spacial score (nSPS) is 22.6. The van der Waals surface area contributed by atoms with Gasteiger partial charge >= 0.3 is 6.18 Å². The molecule has 2 atom stereocenters. The van der Waals surface area contributed by atoms with E-state index in [0.717, 1.165) is 19.0 Å². The number of hydrogen-bond acceptors (Lipinski definition) is 5.